The molecule has 8 nitrogen and oxygen atoms in total. The van der Waals surface area contributed by atoms with Gasteiger partial charge < -0.3 is 9.50 Å². The minimum atomic E-state index is -3.46. The zero-order valence-corrected chi connectivity index (χ0v) is 12.6. The average molecular weight is 330 g/mol. The number of carbonyl (C=O) groups excluding carboxylic acids is 1. The van der Waals surface area contributed by atoms with Crippen LogP contribution in [0, 0.1) is 0 Å². The quantitative estimate of drug-likeness (QED) is 0.612. The largest absolute Gasteiger partial charge is 0.378 e. The lowest BCUT2D eigenvalue weighted by molar-refractivity contribution is 0.251. The Balaban J connectivity index is 0.000000177. The molecule has 1 aromatic rings. The van der Waals surface area contributed by atoms with Gasteiger partial charge in [0.05, 0.1) is 4.91 Å². The van der Waals surface area contributed by atoms with E-state index in [1.165, 1.54) is 7.05 Å². The Morgan fingerprint density at radius 1 is 1.33 bits per heavy atom. The highest BCUT2D eigenvalue weighted by Crippen LogP contribution is 2.26. The van der Waals surface area contributed by atoms with E-state index in [4.69, 9.17) is 4.18 Å². The zero-order valence-electron chi connectivity index (χ0n) is 10.9. The third-order valence-corrected chi connectivity index (χ3v) is 4.50. The molecule has 1 heterocycles. The first-order valence-corrected chi connectivity index (χ1v) is 8.04. The van der Waals surface area contributed by atoms with Crippen LogP contribution in [-0.4, -0.2) is 29.9 Å². The number of benzene rings is 1. The summed E-state index contributed by atoms with van der Waals surface area (Å²) in [6.07, 6.45) is 0. The Kier molecular flexibility index (Phi) is 3.83. The predicted molar refractivity (Wildman–Crippen MR) is 73.1 cm³/mol. The molecule has 0 atom stereocenters. The molecule has 2 aliphatic rings. The van der Waals surface area contributed by atoms with Gasteiger partial charge in [0.15, 0.2) is 5.76 Å². The number of urea groups is 1. The van der Waals surface area contributed by atoms with E-state index in [0.29, 0.717) is 10.7 Å². The normalized spacial score (nSPS) is 15.7. The summed E-state index contributed by atoms with van der Waals surface area (Å²) in [5.41, 5.74) is 0.921. The fourth-order valence-electron chi connectivity index (χ4n) is 1.89. The van der Waals surface area contributed by atoms with Gasteiger partial charge in [-0.1, -0.05) is 22.6 Å². The highest BCUT2D eigenvalue weighted by Gasteiger charge is 2.33. The van der Waals surface area contributed by atoms with Gasteiger partial charge in [-0.2, -0.15) is 16.8 Å². The summed E-state index contributed by atoms with van der Waals surface area (Å²) < 4.78 is 49.1. The van der Waals surface area contributed by atoms with Crippen molar-refractivity contribution in [2.24, 2.45) is 4.36 Å². The van der Waals surface area contributed by atoms with Crippen LogP contribution in [0.15, 0.2) is 22.6 Å². The van der Waals surface area contributed by atoms with Crippen LogP contribution < -0.4 is 15.8 Å². The maximum Gasteiger partial charge on any atom is 0.355 e. The van der Waals surface area contributed by atoms with Crippen molar-refractivity contribution < 1.29 is 25.8 Å². The molecule has 1 aromatic carbocycles. The molecule has 0 saturated carbocycles. The third-order valence-electron chi connectivity index (χ3n) is 2.85. The first-order valence-electron chi connectivity index (χ1n) is 5.60. The molecule has 1 aliphatic heterocycles. The Morgan fingerprint density at radius 2 is 2.00 bits per heavy atom. The van der Waals surface area contributed by atoms with Crippen molar-refractivity contribution in [3.8, 4) is 0 Å². The number of nitrogens with zero attached hydrogens (tertiary/aromatic N) is 1. The molecule has 2 amide bonds. The summed E-state index contributed by atoms with van der Waals surface area (Å²) in [5, 5.41) is 3.76. The lowest BCUT2D eigenvalue weighted by Crippen LogP contribution is -2.47. The summed E-state index contributed by atoms with van der Waals surface area (Å²) in [6.45, 7) is 1.58. The second-order valence-electron chi connectivity index (χ2n) is 4.01. The van der Waals surface area contributed by atoms with E-state index in [2.05, 4.69) is 4.36 Å². The minimum absolute atomic E-state index is 0.327. The molecule has 10 heteroatoms. The van der Waals surface area contributed by atoms with Gasteiger partial charge in [-0.25, -0.2) is 4.79 Å². The lowest BCUT2D eigenvalue weighted by atomic mass is 9.97. The first kappa shape index (κ1) is 15.2. The Labute approximate surface area is 121 Å². The van der Waals surface area contributed by atoms with Crippen molar-refractivity contribution in [3.05, 3.63) is 34.2 Å². The number of rotatable bonds is 0. The van der Waals surface area contributed by atoms with Crippen molar-refractivity contribution in [3.63, 3.8) is 0 Å². The molecule has 0 unspecified atom stereocenters. The van der Waals surface area contributed by atoms with Crippen LogP contribution in [0.1, 0.15) is 12.5 Å². The maximum absolute atomic E-state index is 11.3. The van der Waals surface area contributed by atoms with Gasteiger partial charge in [-0.3, -0.25) is 0 Å². The summed E-state index contributed by atoms with van der Waals surface area (Å²) in [7, 11) is -4.80. The molecule has 0 saturated heterocycles. The fraction of sp³-hybridized carbons (Fsp3) is 0.182. The van der Waals surface area contributed by atoms with Gasteiger partial charge >= 0.3 is 26.6 Å². The molecule has 0 spiro atoms. The standard InChI is InChI=1S/C9H6O3S.C2H4N2O3S/c1-5-8-6-3-2-4-7(8)9(6)12-13(5,10)11;1-3-2(5)4-8(6)7/h2-4H,1H3;1H3,(H,3,5). The summed E-state index contributed by atoms with van der Waals surface area (Å²) in [4.78, 5) is 10.3. The molecule has 112 valence electrons. The monoisotopic (exact) mass is 330 g/mol. The number of carbonyl (C=O) groups is 1. The highest BCUT2D eigenvalue weighted by atomic mass is 32.2. The Hall–Kier alpha value is -2.20. The van der Waals surface area contributed by atoms with Crippen LogP contribution >= 0.6 is 0 Å². The fourth-order valence-corrected chi connectivity index (χ4v) is 3.11. The van der Waals surface area contributed by atoms with Gasteiger partial charge in [-0.15, -0.1) is 0 Å². The van der Waals surface area contributed by atoms with E-state index in [9.17, 15) is 21.6 Å². The first-order chi connectivity index (χ1) is 9.77. The highest BCUT2D eigenvalue weighted by molar-refractivity contribution is 7.96. The van der Waals surface area contributed by atoms with Crippen LogP contribution in [0.3, 0.4) is 0 Å². The van der Waals surface area contributed by atoms with Gasteiger partial charge in [-0.05, 0) is 6.92 Å². The van der Waals surface area contributed by atoms with Crippen LogP contribution in [0.4, 0.5) is 4.79 Å². The second kappa shape index (κ2) is 5.30. The molecule has 1 aliphatic carbocycles. The van der Waals surface area contributed by atoms with Gasteiger partial charge in [0.1, 0.15) is 0 Å². The average Bonchev–Trinajstić information content (AvgIpc) is 2.42. The van der Waals surface area contributed by atoms with E-state index < -0.39 is 26.6 Å². The van der Waals surface area contributed by atoms with Gasteiger partial charge in [0, 0.05) is 23.0 Å². The number of hydrogen-bond acceptors (Lipinski definition) is 6. The van der Waals surface area contributed by atoms with Crippen molar-refractivity contribution >= 4 is 37.3 Å². The molecular weight excluding hydrogens is 320 g/mol. The molecule has 4 bridgehead atoms. The van der Waals surface area contributed by atoms with Crippen LogP contribution in [0.5, 0.6) is 0 Å². The topological polar surface area (TPSA) is 119 Å². The van der Waals surface area contributed by atoms with Gasteiger partial charge in [0.25, 0.3) is 0 Å². The van der Waals surface area contributed by atoms with E-state index in [0.717, 1.165) is 16.0 Å². The van der Waals surface area contributed by atoms with Crippen molar-refractivity contribution in [2.75, 3.05) is 7.05 Å². The minimum Gasteiger partial charge on any atom is -0.378 e. The maximum atomic E-state index is 11.3. The molecule has 21 heavy (non-hydrogen) atoms. The van der Waals surface area contributed by atoms with Crippen LogP contribution in [-0.2, 0) is 24.8 Å². The van der Waals surface area contributed by atoms with Crippen molar-refractivity contribution in [1.82, 2.24) is 5.32 Å². The van der Waals surface area contributed by atoms with Gasteiger partial charge in [0.2, 0.25) is 0 Å². The Bertz CT molecular complexity index is 982. The molecule has 0 fully saturated rings. The molecule has 0 radical (unpaired) electrons. The van der Waals surface area contributed by atoms with E-state index in [1.807, 2.05) is 23.5 Å². The summed E-state index contributed by atoms with van der Waals surface area (Å²) in [6, 6.07) is 4.77. The summed E-state index contributed by atoms with van der Waals surface area (Å²) >= 11 is 0. The van der Waals surface area contributed by atoms with E-state index in [1.54, 1.807) is 6.92 Å². The smallest absolute Gasteiger partial charge is 0.355 e. The predicted octanol–water partition coefficient (Wildman–Crippen LogP) is -0.967. The van der Waals surface area contributed by atoms with Crippen molar-refractivity contribution in [2.45, 2.75) is 6.92 Å². The SMILES string of the molecule is CC1=c2c3cccc2=C3OS1(=O)=O.CNC(=O)N=S(=O)=O. The lowest BCUT2D eigenvalue weighted by Gasteiger charge is -2.25. The second-order valence-corrected chi connectivity index (χ2v) is 6.32. The molecule has 3 rings (SSSR count). The van der Waals surface area contributed by atoms with Crippen molar-refractivity contribution in [1.29, 1.82) is 0 Å². The van der Waals surface area contributed by atoms with E-state index in [-0.39, 0.29) is 0 Å². The molecule has 0 aromatic heterocycles. The van der Waals surface area contributed by atoms with Crippen LogP contribution in [0.25, 0.3) is 10.7 Å². The molecule has 1 N–H and O–H groups in total. The van der Waals surface area contributed by atoms with Crippen LogP contribution in [0.2, 0.25) is 0 Å². The Morgan fingerprint density at radius 3 is 2.38 bits per heavy atom. The third kappa shape index (κ3) is 2.67. The zero-order chi connectivity index (χ0) is 15.8. The number of amides is 2. The number of hydrogen-bond donors (Lipinski definition) is 1. The molecular formula is C11H10N2O6S2. The van der Waals surface area contributed by atoms with E-state index >= 15 is 0 Å². The summed E-state index contributed by atoms with van der Waals surface area (Å²) in [5.74, 6) is 0.517. The number of nitrogens with one attached hydrogen (secondary N) is 1.